The fraction of sp³-hybridized carbons (Fsp3) is 1.00. The average molecular weight is 239 g/mol. The fourth-order valence-corrected chi connectivity index (χ4v) is 3.54. The van der Waals surface area contributed by atoms with Crippen molar-refractivity contribution in [1.29, 1.82) is 0 Å². The third kappa shape index (κ3) is 3.03. The molecule has 2 aliphatic rings. The molecule has 2 heterocycles. The van der Waals surface area contributed by atoms with Crippen LogP contribution in [0.1, 0.15) is 65.7 Å². The van der Waals surface area contributed by atoms with E-state index in [1.54, 1.807) is 0 Å². The van der Waals surface area contributed by atoms with E-state index in [4.69, 9.17) is 4.74 Å². The molecular weight excluding hydrogens is 210 g/mol. The van der Waals surface area contributed by atoms with Gasteiger partial charge >= 0.3 is 0 Å². The molecule has 2 nitrogen and oxygen atoms in total. The molecule has 0 bridgehead atoms. The number of ether oxygens (including phenoxy) is 1. The van der Waals surface area contributed by atoms with Gasteiger partial charge in [0.15, 0.2) is 0 Å². The number of nitrogens with one attached hydrogen (secondary N) is 1. The molecule has 2 unspecified atom stereocenters. The second-order valence-corrected chi connectivity index (χ2v) is 6.89. The molecule has 0 aliphatic carbocycles. The summed E-state index contributed by atoms with van der Waals surface area (Å²) in [5.74, 6) is 0. The Morgan fingerprint density at radius 3 is 2.65 bits per heavy atom. The largest absolute Gasteiger partial charge is 0.378 e. The molecular formula is C15H29NO. The summed E-state index contributed by atoms with van der Waals surface area (Å²) in [5.41, 5.74) is 0.756. The normalized spacial score (nSPS) is 34.4. The van der Waals surface area contributed by atoms with Crippen LogP contribution in [0.5, 0.6) is 0 Å². The van der Waals surface area contributed by atoms with Gasteiger partial charge in [-0.25, -0.2) is 0 Å². The summed E-state index contributed by atoms with van der Waals surface area (Å²) in [6.45, 7) is 9.36. The van der Waals surface area contributed by atoms with Crippen molar-refractivity contribution in [3.8, 4) is 0 Å². The van der Waals surface area contributed by atoms with Gasteiger partial charge in [0.1, 0.15) is 0 Å². The van der Waals surface area contributed by atoms with Crippen molar-refractivity contribution in [2.75, 3.05) is 13.2 Å². The van der Waals surface area contributed by atoms with E-state index in [-0.39, 0.29) is 0 Å². The predicted octanol–water partition coefficient (Wildman–Crippen LogP) is 3.50. The van der Waals surface area contributed by atoms with Crippen LogP contribution < -0.4 is 5.32 Å². The number of hydrogen-bond donors (Lipinski definition) is 1. The first-order valence-electron chi connectivity index (χ1n) is 7.40. The molecule has 0 saturated carbocycles. The van der Waals surface area contributed by atoms with Gasteiger partial charge in [-0.3, -0.25) is 0 Å². The first kappa shape index (κ1) is 13.4. The highest BCUT2D eigenvalue weighted by Crippen LogP contribution is 2.41. The van der Waals surface area contributed by atoms with Crippen LogP contribution in [0.15, 0.2) is 0 Å². The molecule has 2 saturated heterocycles. The van der Waals surface area contributed by atoms with Crippen LogP contribution in [-0.2, 0) is 4.74 Å². The molecule has 0 aromatic heterocycles. The Bertz CT molecular complexity index is 232. The maximum atomic E-state index is 5.72. The molecule has 0 radical (unpaired) electrons. The lowest BCUT2D eigenvalue weighted by Crippen LogP contribution is -2.50. The van der Waals surface area contributed by atoms with Crippen LogP contribution in [0, 0.1) is 5.41 Å². The summed E-state index contributed by atoms with van der Waals surface area (Å²) in [6.07, 6.45) is 9.71. The van der Waals surface area contributed by atoms with Crippen LogP contribution in [0.4, 0.5) is 0 Å². The number of rotatable bonds is 4. The lowest BCUT2D eigenvalue weighted by atomic mass is 9.70. The third-order valence-corrected chi connectivity index (χ3v) is 4.83. The van der Waals surface area contributed by atoms with Gasteiger partial charge in [0.05, 0.1) is 6.10 Å². The fourth-order valence-electron chi connectivity index (χ4n) is 3.54. The van der Waals surface area contributed by atoms with E-state index >= 15 is 0 Å². The molecule has 1 N–H and O–H groups in total. The third-order valence-electron chi connectivity index (χ3n) is 4.83. The summed E-state index contributed by atoms with van der Waals surface area (Å²) in [4.78, 5) is 0. The lowest BCUT2D eigenvalue weighted by Gasteiger charge is -2.42. The van der Waals surface area contributed by atoms with Gasteiger partial charge in [-0.1, -0.05) is 20.8 Å². The van der Waals surface area contributed by atoms with E-state index in [0.29, 0.717) is 17.1 Å². The lowest BCUT2D eigenvalue weighted by molar-refractivity contribution is 0.0908. The van der Waals surface area contributed by atoms with Gasteiger partial charge in [-0.2, -0.15) is 0 Å². The van der Waals surface area contributed by atoms with E-state index in [9.17, 15) is 0 Å². The highest BCUT2D eigenvalue weighted by atomic mass is 16.5. The Labute approximate surface area is 107 Å². The van der Waals surface area contributed by atoms with Crippen molar-refractivity contribution in [1.82, 2.24) is 5.32 Å². The molecule has 2 rings (SSSR count). The minimum atomic E-state index is 0.375. The molecule has 2 aliphatic heterocycles. The quantitative estimate of drug-likeness (QED) is 0.810. The van der Waals surface area contributed by atoms with Gasteiger partial charge in [0.2, 0.25) is 0 Å². The van der Waals surface area contributed by atoms with E-state index in [1.165, 1.54) is 51.5 Å². The van der Waals surface area contributed by atoms with Gasteiger partial charge in [0.25, 0.3) is 0 Å². The van der Waals surface area contributed by atoms with Crippen LogP contribution in [0.25, 0.3) is 0 Å². The summed E-state index contributed by atoms with van der Waals surface area (Å²) in [6, 6.07) is 0. The zero-order chi connectivity index (χ0) is 12.4. The van der Waals surface area contributed by atoms with Gasteiger partial charge in [-0.05, 0) is 56.9 Å². The zero-order valence-electron chi connectivity index (χ0n) is 11.8. The Morgan fingerprint density at radius 2 is 2.12 bits per heavy atom. The molecule has 0 aromatic rings. The first-order chi connectivity index (χ1) is 8.04. The Balaban J connectivity index is 1.81. The number of hydrogen-bond acceptors (Lipinski definition) is 2. The molecule has 2 fully saturated rings. The van der Waals surface area contributed by atoms with Crippen molar-refractivity contribution in [3.05, 3.63) is 0 Å². The Hall–Kier alpha value is -0.0800. The van der Waals surface area contributed by atoms with Gasteiger partial charge in [0, 0.05) is 12.1 Å². The molecule has 0 spiro atoms. The highest BCUT2D eigenvalue weighted by molar-refractivity contribution is 5.01. The van der Waals surface area contributed by atoms with Crippen LogP contribution in [0.3, 0.4) is 0 Å². The van der Waals surface area contributed by atoms with Crippen LogP contribution in [0.2, 0.25) is 0 Å². The second-order valence-electron chi connectivity index (χ2n) is 6.89. The SMILES string of the molecule is CC(C)(C)C1(CCCC2CCCO2)CCCN1. The van der Waals surface area contributed by atoms with Crippen molar-refractivity contribution in [2.45, 2.75) is 77.4 Å². The van der Waals surface area contributed by atoms with Crippen molar-refractivity contribution in [2.24, 2.45) is 5.41 Å². The second kappa shape index (κ2) is 5.27. The maximum Gasteiger partial charge on any atom is 0.0576 e. The van der Waals surface area contributed by atoms with Gasteiger partial charge < -0.3 is 10.1 Å². The molecule has 0 aromatic carbocycles. The Kier molecular flexibility index (Phi) is 4.14. The molecule has 2 atom stereocenters. The topological polar surface area (TPSA) is 21.3 Å². The Morgan fingerprint density at radius 1 is 1.29 bits per heavy atom. The van der Waals surface area contributed by atoms with E-state index in [0.717, 1.165) is 6.61 Å². The van der Waals surface area contributed by atoms with Crippen molar-refractivity contribution in [3.63, 3.8) is 0 Å². The molecule has 0 amide bonds. The summed E-state index contributed by atoms with van der Waals surface area (Å²) in [7, 11) is 0. The summed E-state index contributed by atoms with van der Waals surface area (Å²) >= 11 is 0. The van der Waals surface area contributed by atoms with E-state index in [2.05, 4.69) is 26.1 Å². The van der Waals surface area contributed by atoms with Gasteiger partial charge in [-0.15, -0.1) is 0 Å². The van der Waals surface area contributed by atoms with E-state index < -0.39 is 0 Å². The van der Waals surface area contributed by atoms with Crippen LogP contribution in [-0.4, -0.2) is 24.8 Å². The minimum Gasteiger partial charge on any atom is -0.378 e. The predicted molar refractivity (Wildman–Crippen MR) is 72.2 cm³/mol. The maximum absolute atomic E-state index is 5.72. The standard InChI is InChI=1S/C15H29NO/c1-14(2,3)15(10-6-11-16-15)9-4-7-13-8-5-12-17-13/h13,16H,4-12H2,1-3H3. The van der Waals surface area contributed by atoms with E-state index in [1.807, 2.05) is 0 Å². The summed E-state index contributed by atoms with van der Waals surface area (Å²) in [5, 5.41) is 3.79. The van der Waals surface area contributed by atoms with Crippen molar-refractivity contribution < 1.29 is 4.74 Å². The zero-order valence-corrected chi connectivity index (χ0v) is 11.8. The molecule has 100 valence electrons. The molecule has 2 heteroatoms. The van der Waals surface area contributed by atoms with Crippen molar-refractivity contribution >= 4 is 0 Å². The highest BCUT2D eigenvalue weighted by Gasteiger charge is 2.43. The average Bonchev–Trinajstić information content (AvgIpc) is 2.86. The summed E-state index contributed by atoms with van der Waals surface area (Å²) < 4.78 is 5.72. The molecule has 17 heavy (non-hydrogen) atoms. The minimum absolute atomic E-state index is 0.375. The van der Waals surface area contributed by atoms with Crippen LogP contribution >= 0.6 is 0 Å². The first-order valence-corrected chi connectivity index (χ1v) is 7.40. The monoisotopic (exact) mass is 239 g/mol. The smallest absolute Gasteiger partial charge is 0.0576 e.